The Morgan fingerprint density at radius 2 is 1.73 bits per heavy atom. The number of anilines is 2. The monoisotopic (exact) mass is 659 g/mol. The average molecular weight is 660 g/mol. The van der Waals surface area contributed by atoms with Gasteiger partial charge in [-0.05, 0) is 54.8 Å². The zero-order valence-electron chi connectivity index (χ0n) is 23.7. The maximum absolute atomic E-state index is 13.6. The van der Waals surface area contributed by atoms with E-state index in [0.29, 0.717) is 16.1 Å². The molecule has 1 aliphatic carbocycles. The Labute approximate surface area is 255 Å². The lowest BCUT2D eigenvalue weighted by atomic mass is 10.0. The van der Waals surface area contributed by atoms with E-state index in [2.05, 4.69) is 27.4 Å². The van der Waals surface area contributed by atoms with Crippen LogP contribution in [0, 0.1) is 11.8 Å². The maximum atomic E-state index is 13.6. The van der Waals surface area contributed by atoms with Crippen LogP contribution >= 0.6 is 11.3 Å². The lowest BCUT2D eigenvalue weighted by Crippen LogP contribution is -2.40. The summed E-state index contributed by atoms with van der Waals surface area (Å²) in [7, 11) is -3.72. The van der Waals surface area contributed by atoms with Gasteiger partial charge in [0, 0.05) is 37.5 Å². The van der Waals surface area contributed by atoms with Crippen LogP contribution < -0.4 is 15.4 Å². The van der Waals surface area contributed by atoms with Gasteiger partial charge in [-0.2, -0.15) is 26.3 Å². The van der Waals surface area contributed by atoms with Crippen molar-refractivity contribution in [3.63, 3.8) is 0 Å². The minimum absolute atomic E-state index is 0.0574. The Kier molecular flexibility index (Phi) is 9.30. The fourth-order valence-electron chi connectivity index (χ4n) is 5.25. The molecule has 0 radical (unpaired) electrons. The number of likely N-dealkylation sites (tertiary alicyclic amines) is 1. The van der Waals surface area contributed by atoms with Crippen molar-refractivity contribution in [1.82, 2.24) is 4.90 Å². The highest BCUT2D eigenvalue weighted by Crippen LogP contribution is 2.40. The second-order valence-electron chi connectivity index (χ2n) is 11.1. The van der Waals surface area contributed by atoms with Crippen LogP contribution in [0.1, 0.15) is 36.1 Å². The second-order valence-corrected chi connectivity index (χ2v) is 14.1. The molecule has 1 saturated carbocycles. The molecule has 2 aromatic carbocycles. The molecule has 0 spiro atoms. The smallest absolute Gasteiger partial charge is 0.422 e. The van der Waals surface area contributed by atoms with Gasteiger partial charge in [0.05, 0.1) is 38.8 Å². The molecule has 0 atom stereocenters. The molecule has 0 bridgehead atoms. The lowest BCUT2D eigenvalue weighted by Gasteiger charge is -2.33. The van der Waals surface area contributed by atoms with Gasteiger partial charge < -0.3 is 20.3 Å². The summed E-state index contributed by atoms with van der Waals surface area (Å²) in [5, 5.41) is 6.81. The SMILES string of the molecule is CS(=O)(=O)c1ccc(NCC#Cc2sc3c(NC4CCN(C5CC5)CC4)cccc3c2CC(F)(F)F)c(OCC(F)(F)F)c1. The van der Waals surface area contributed by atoms with Crippen LogP contribution in [0.5, 0.6) is 5.75 Å². The van der Waals surface area contributed by atoms with Crippen molar-refractivity contribution in [3.05, 3.63) is 46.8 Å². The van der Waals surface area contributed by atoms with Crippen molar-refractivity contribution in [3.8, 4) is 17.6 Å². The Bertz CT molecular complexity index is 1660. The van der Waals surface area contributed by atoms with Gasteiger partial charge in [0.25, 0.3) is 0 Å². The zero-order chi connectivity index (χ0) is 31.7. The molecular weight excluding hydrogens is 628 g/mol. The van der Waals surface area contributed by atoms with Crippen LogP contribution in [0.2, 0.25) is 0 Å². The molecule has 0 unspecified atom stereocenters. The second kappa shape index (κ2) is 12.7. The molecule has 2 aliphatic rings. The molecule has 1 saturated heterocycles. The van der Waals surface area contributed by atoms with Crippen molar-refractivity contribution >= 4 is 42.6 Å². The Morgan fingerprint density at radius 1 is 1.00 bits per heavy atom. The highest BCUT2D eigenvalue weighted by atomic mass is 32.2. The quantitative estimate of drug-likeness (QED) is 0.194. The first-order chi connectivity index (χ1) is 20.7. The molecule has 0 amide bonds. The van der Waals surface area contributed by atoms with Crippen molar-refractivity contribution in [1.29, 1.82) is 0 Å². The first-order valence-electron chi connectivity index (χ1n) is 14.0. The fourth-order valence-corrected chi connectivity index (χ4v) is 7.06. The molecule has 3 aromatic rings. The molecule has 238 valence electrons. The number of hydrogen-bond donors (Lipinski definition) is 2. The number of halogens is 6. The number of sulfone groups is 1. The highest BCUT2D eigenvalue weighted by molar-refractivity contribution is 7.90. The van der Waals surface area contributed by atoms with E-state index in [0.717, 1.165) is 43.9 Å². The third kappa shape index (κ3) is 8.51. The number of ether oxygens (including phenoxy) is 1. The number of rotatable bonds is 9. The van der Waals surface area contributed by atoms with E-state index in [1.54, 1.807) is 12.1 Å². The normalized spacial score (nSPS) is 16.9. The molecule has 2 N–H and O–H groups in total. The third-order valence-electron chi connectivity index (χ3n) is 7.49. The van der Waals surface area contributed by atoms with E-state index < -0.39 is 35.2 Å². The number of thiophene rings is 1. The number of hydrogen-bond acceptors (Lipinski definition) is 7. The van der Waals surface area contributed by atoms with Crippen molar-refractivity contribution in [2.75, 3.05) is 43.1 Å². The average Bonchev–Trinajstić information content (AvgIpc) is 3.73. The summed E-state index contributed by atoms with van der Waals surface area (Å²) >= 11 is 1.17. The van der Waals surface area contributed by atoms with E-state index in [9.17, 15) is 34.8 Å². The minimum atomic E-state index is -4.66. The van der Waals surface area contributed by atoms with Crippen LogP contribution in [0.4, 0.5) is 37.7 Å². The molecule has 14 heteroatoms. The first kappa shape index (κ1) is 32.2. The van der Waals surface area contributed by atoms with Gasteiger partial charge in [0.15, 0.2) is 16.4 Å². The Hall–Kier alpha value is -3.15. The van der Waals surface area contributed by atoms with E-state index >= 15 is 0 Å². The minimum Gasteiger partial charge on any atom is -0.482 e. The van der Waals surface area contributed by atoms with Crippen molar-refractivity contribution < 1.29 is 39.5 Å². The summed E-state index contributed by atoms with van der Waals surface area (Å²) in [6.07, 6.45) is -4.97. The van der Waals surface area contributed by atoms with Crippen LogP contribution in [-0.2, 0) is 16.3 Å². The Balaban J connectivity index is 1.36. The molecule has 1 aromatic heterocycles. The molecule has 2 heterocycles. The number of benzene rings is 2. The largest absolute Gasteiger partial charge is 0.482 e. The standard InChI is InChI=1S/C30H31F6N3O3S2/c1-44(40,41)21-9-10-24(26(16-21)42-18-30(34,35)36)37-13-3-6-27-23(17-29(31,32)33)22-4-2-5-25(28(22)43-27)38-19-11-14-39(15-12-19)20-7-8-20/h2,4-5,9-10,16,19-20,37-38H,7-8,11-15,17-18H2,1H3. The summed E-state index contributed by atoms with van der Waals surface area (Å²) in [5.74, 6) is 5.24. The molecule has 6 nitrogen and oxygen atoms in total. The van der Waals surface area contributed by atoms with Crippen LogP contribution in [0.3, 0.4) is 0 Å². The van der Waals surface area contributed by atoms with Gasteiger partial charge in [0.1, 0.15) is 5.75 Å². The highest BCUT2D eigenvalue weighted by Gasteiger charge is 2.33. The van der Waals surface area contributed by atoms with E-state index in [-0.39, 0.29) is 39.4 Å². The lowest BCUT2D eigenvalue weighted by molar-refractivity contribution is -0.153. The first-order valence-corrected chi connectivity index (χ1v) is 16.8. The fraction of sp³-hybridized carbons (Fsp3) is 0.467. The summed E-state index contributed by atoms with van der Waals surface area (Å²) in [4.78, 5) is 2.52. The number of alkyl halides is 6. The van der Waals surface area contributed by atoms with Gasteiger partial charge in [-0.3, -0.25) is 0 Å². The molecule has 5 rings (SSSR count). The zero-order valence-corrected chi connectivity index (χ0v) is 25.4. The number of fused-ring (bicyclic) bond motifs is 1. The number of nitrogens with one attached hydrogen (secondary N) is 2. The Morgan fingerprint density at radius 3 is 2.36 bits per heavy atom. The van der Waals surface area contributed by atoms with E-state index in [1.807, 2.05) is 6.07 Å². The van der Waals surface area contributed by atoms with Crippen molar-refractivity contribution in [2.24, 2.45) is 0 Å². The van der Waals surface area contributed by atoms with Gasteiger partial charge in [-0.15, -0.1) is 11.3 Å². The predicted octanol–water partition coefficient (Wildman–Crippen LogP) is 6.85. The van der Waals surface area contributed by atoms with E-state index in [4.69, 9.17) is 4.74 Å². The van der Waals surface area contributed by atoms with Crippen LogP contribution in [0.25, 0.3) is 10.1 Å². The number of piperidine rings is 1. The van der Waals surface area contributed by atoms with Gasteiger partial charge in [-0.1, -0.05) is 24.0 Å². The van der Waals surface area contributed by atoms with Gasteiger partial charge >= 0.3 is 12.4 Å². The summed E-state index contributed by atoms with van der Waals surface area (Å²) in [5.41, 5.74) is 0.898. The molecular formula is C30H31F6N3O3S2. The van der Waals surface area contributed by atoms with E-state index in [1.165, 1.54) is 36.3 Å². The maximum Gasteiger partial charge on any atom is 0.422 e. The van der Waals surface area contributed by atoms with Crippen LogP contribution in [-0.4, -0.2) is 70.3 Å². The topological polar surface area (TPSA) is 70.7 Å². The molecule has 2 fully saturated rings. The third-order valence-corrected chi connectivity index (χ3v) is 9.80. The number of nitrogens with zero attached hydrogens (tertiary/aromatic N) is 1. The van der Waals surface area contributed by atoms with Gasteiger partial charge in [0.2, 0.25) is 0 Å². The predicted molar refractivity (Wildman–Crippen MR) is 159 cm³/mol. The van der Waals surface area contributed by atoms with Crippen molar-refractivity contribution in [2.45, 2.75) is 61.4 Å². The summed E-state index contributed by atoms with van der Waals surface area (Å²) < 4.78 is 108. The van der Waals surface area contributed by atoms with Gasteiger partial charge in [-0.25, -0.2) is 8.42 Å². The summed E-state index contributed by atoms with van der Waals surface area (Å²) in [6.45, 7) is 0.196. The molecule has 44 heavy (non-hydrogen) atoms. The summed E-state index contributed by atoms with van der Waals surface area (Å²) in [6, 6.07) is 9.62. The molecule has 1 aliphatic heterocycles. The van der Waals surface area contributed by atoms with Crippen LogP contribution in [0.15, 0.2) is 41.3 Å².